The van der Waals surface area contributed by atoms with Crippen LogP contribution >= 0.6 is 0 Å². The summed E-state index contributed by atoms with van der Waals surface area (Å²) in [6.45, 7) is -7.69. The molecule has 0 saturated heterocycles. The second kappa shape index (κ2) is 44.4. The van der Waals surface area contributed by atoms with Crippen LogP contribution in [0.15, 0.2) is 0 Å². The maximum absolute atomic E-state index is 8.77. The third-order valence-electron chi connectivity index (χ3n) is 6.98. The lowest BCUT2D eigenvalue weighted by atomic mass is 10.1. The molecule has 30 heteroatoms. The molecule has 0 amide bonds. The third kappa shape index (κ3) is 35.3. The van der Waals surface area contributed by atoms with Crippen molar-refractivity contribution in [3.05, 3.63) is 0 Å². The summed E-state index contributed by atoms with van der Waals surface area (Å²) in [4.78, 5) is 0. The third-order valence-corrected chi connectivity index (χ3v) is 6.98. The first-order chi connectivity index (χ1) is 27.8. The van der Waals surface area contributed by atoms with E-state index in [2.05, 4.69) is 0 Å². The molecule has 0 aliphatic heterocycles. The molecule has 0 rings (SSSR count). The first-order valence-corrected chi connectivity index (χ1v) is 17.3. The normalized spacial score (nSPS) is 20.1. The van der Waals surface area contributed by atoms with E-state index >= 15 is 0 Å². The van der Waals surface area contributed by atoms with Crippen LogP contribution in [0.5, 0.6) is 0 Å². The van der Waals surface area contributed by atoms with E-state index in [1.165, 1.54) is 0 Å². The van der Waals surface area contributed by atoms with Gasteiger partial charge in [0.2, 0.25) is 0 Å². The first kappa shape index (κ1) is 70.5. The van der Waals surface area contributed by atoms with Crippen molar-refractivity contribution in [1.29, 1.82) is 0 Å². The van der Waals surface area contributed by atoms with Gasteiger partial charge in [0.1, 0.15) is 110 Å². The maximum atomic E-state index is 8.77. The zero-order valence-corrected chi connectivity index (χ0v) is 32.3. The maximum Gasteiger partial charge on any atom is 0.110 e. The van der Waals surface area contributed by atoms with Gasteiger partial charge >= 0.3 is 0 Å². The number of rotatable bonds is 24. The number of aliphatic hydroxyl groups excluding tert-OH is 30. The van der Waals surface area contributed by atoms with Crippen LogP contribution in [-0.2, 0) is 0 Å². The van der Waals surface area contributed by atoms with Crippen LogP contribution in [0.3, 0.4) is 0 Å². The zero-order valence-electron chi connectivity index (χ0n) is 32.3. The van der Waals surface area contributed by atoms with Gasteiger partial charge in [0, 0.05) is 0 Å². The van der Waals surface area contributed by atoms with E-state index < -0.39 is 189 Å². The van der Waals surface area contributed by atoms with Crippen LogP contribution in [0.4, 0.5) is 0 Å². The second-order valence-electron chi connectivity index (χ2n) is 11.9. The molecule has 372 valence electrons. The van der Waals surface area contributed by atoms with Crippen LogP contribution in [0.25, 0.3) is 0 Å². The van der Waals surface area contributed by atoms with Crippen LogP contribution in [-0.4, -0.2) is 342 Å². The van der Waals surface area contributed by atoms with Gasteiger partial charge in [-0.25, -0.2) is 0 Å². The number of aliphatic hydroxyl groups is 30. The summed E-state index contributed by atoms with van der Waals surface area (Å²) in [5.41, 5.74) is 0. The number of hydrogen-bond acceptors (Lipinski definition) is 30. The summed E-state index contributed by atoms with van der Waals surface area (Å²) in [5, 5.41) is 255. The van der Waals surface area contributed by atoms with Crippen LogP contribution in [0.1, 0.15) is 0 Å². The second-order valence-corrected chi connectivity index (χ2v) is 11.9. The van der Waals surface area contributed by atoms with Crippen molar-refractivity contribution in [2.75, 3.05) is 79.3 Å². The van der Waals surface area contributed by atoms with Gasteiger partial charge in [-0.1, -0.05) is 0 Å². The van der Waals surface area contributed by atoms with E-state index in [0.717, 1.165) is 0 Å². The van der Waals surface area contributed by atoms with Gasteiger partial charge in [-0.2, -0.15) is 0 Å². The molecule has 0 aromatic rings. The van der Waals surface area contributed by atoms with Gasteiger partial charge in [0.25, 0.3) is 0 Å². The standard InChI is InChI=1S/6C5H12O5/c6*6-1-3(8)5(10)4(9)2-7/h6*3-10H,1-2H2. The minimum atomic E-state index is -1.49. The van der Waals surface area contributed by atoms with Crippen LogP contribution < -0.4 is 0 Å². The molecule has 12 unspecified atom stereocenters. The molecule has 0 aliphatic rings. The molecule has 60 heavy (non-hydrogen) atoms. The van der Waals surface area contributed by atoms with Crippen LogP contribution in [0, 0.1) is 0 Å². The Kier molecular flexibility index (Phi) is 52.2. The van der Waals surface area contributed by atoms with Crippen molar-refractivity contribution in [2.45, 2.75) is 110 Å². The van der Waals surface area contributed by atoms with Crippen molar-refractivity contribution in [2.24, 2.45) is 0 Å². The fraction of sp³-hybridized carbons (Fsp3) is 1.00. The summed E-state index contributed by atoms with van der Waals surface area (Å²) < 4.78 is 0. The van der Waals surface area contributed by atoms with Gasteiger partial charge in [-0.15, -0.1) is 0 Å². The monoisotopic (exact) mass is 912 g/mol. The quantitative estimate of drug-likeness (QED) is 0.0427. The van der Waals surface area contributed by atoms with Gasteiger partial charge in [-0.3, -0.25) is 0 Å². The summed E-state index contributed by atoms with van der Waals surface area (Å²) in [6.07, 6.45) is -25.8. The van der Waals surface area contributed by atoms with E-state index in [4.69, 9.17) is 153 Å². The Hall–Kier alpha value is -1.20. The molecule has 12 atom stereocenters. The predicted octanol–water partition coefficient (Wildman–Crippen LogP) is -17.7. The molecule has 30 N–H and O–H groups in total. The Labute approximate surface area is 342 Å². The SMILES string of the molecule is OCC(O)C(O)C(O)CO.OCC(O)C(O)C(O)CO.OCC(O)C(O)C(O)CO.OCC(O)C(O)C(O)CO.OCC(O)C(O)C(O)CO.OCC(O)C(O)C(O)CO. The van der Waals surface area contributed by atoms with Crippen molar-refractivity contribution < 1.29 is 153 Å². The minimum absolute atomic E-state index is 0.641. The molecule has 0 bridgehead atoms. The van der Waals surface area contributed by atoms with Crippen molar-refractivity contribution in [1.82, 2.24) is 0 Å². The van der Waals surface area contributed by atoms with E-state index in [1.54, 1.807) is 0 Å². The molecule has 0 heterocycles. The molecule has 0 radical (unpaired) electrons. The fourth-order valence-corrected chi connectivity index (χ4v) is 2.83. The highest BCUT2D eigenvalue weighted by atomic mass is 16.4. The van der Waals surface area contributed by atoms with Crippen molar-refractivity contribution >= 4 is 0 Å². The van der Waals surface area contributed by atoms with Gasteiger partial charge in [-0.05, 0) is 0 Å². The molecule has 0 aliphatic carbocycles. The Bertz CT molecular complexity index is 627. The summed E-state index contributed by atoms with van der Waals surface area (Å²) in [5.74, 6) is 0. The summed E-state index contributed by atoms with van der Waals surface area (Å²) >= 11 is 0. The van der Waals surface area contributed by atoms with Crippen molar-refractivity contribution in [3.63, 3.8) is 0 Å². The smallest absolute Gasteiger partial charge is 0.110 e. The van der Waals surface area contributed by atoms with Gasteiger partial charge in [0.05, 0.1) is 79.3 Å². The lowest BCUT2D eigenvalue weighted by Crippen LogP contribution is -2.41. The van der Waals surface area contributed by atoms with E-state index in [1.807, 2.05) is 0 Å². The van der Waals surface area contributed by atoms with E-state index in [9.17, 15) is 0 Å². The summed E-state index contributed by atoms with van der Waals surface area (Å²) in [7, 11) is 0. The summed E-state index contributed by atoms with van der Waals surface area (Å²) in [6, 6.07) is 0. The lowest BCUT2D eigenvalue weighted by Gasteiger charge is -2.19. The zero-order chi connectivity index (χ0) is 48.9. The van der Waals surface area contributed by atoms with Crippen LogP contribution in [0.2, 0.25) is 0 Å². The molecule has 0 spiro atoms. The van der Waals surface area contributed by atoms with Gasteiger partial charge in [0.15, 0.2) is 0 Å². The Balaban J connectivity index is -0.000000146. The molecule has 30 nitrogen and oxygen atoms in total. The fourth-order valence-electron chi connectivity index (χ4n) is 2.83. The Morgan fingerprint density at radius 1 is 0.133 bits per heavy atom. The molecular formula is C30H72O30. The molecule has 0 saturated carbocycles. The van der Waals surface area contributed by atoms with E-state index in [0.29, 0.717) is 0 Å². The van der Waals surface area contributed by atoms with E-state index in [-0.39, 0.29) is 0 Å². The largest absolute Gasteiger partial charge is 0.394 e. The number of hydrogen-bond donors (Lipinski definition) is 30. The average molecular weight is 913 g/mol. The molecular weight excluding hydrogens is 840 g/mol. The molecule has 0 fully saturated rings. The Morgan fingerprint density at radius 2 is 0.183 bits per heavy atom. The first-order valence-electron chi connectivity index (χ1n) is 17.3. The van der Waals surface area contributed by atoms with Gasteiger partial charge < -0.3 is 153 Å². The molecule has 0 aromatic carbocycles. The van der Waals surface area contributed by atoms with Crippen molar-refractivity contribution in [3.8, 4) is 0 Å². The molecule has 0 aromatic heterocycles. The topological polar surface area (TPSA) is 607 Å². The highest BCUT2D eigenvalue weighted by molar-refractivity contribution is 4.76. The Morgan fingerprint density at radius 3 is 0.217 bits per heavy atom. The average Bonchev–Trinajstić information content (AvgIpc) is 3.29. The lowest BCUT2D eigenvalue weighted by molar-refractivity contribution is -0.0900. The highest BCUT2D eigenvalue weighted by Crippen LogP contribution is 2.02. The minimum Gasteiger partial charge on any atom is -0.394 e. The highest BCUT2D eigenvalue weighted by Gasteiger charge is 2.26. The predicted molar refractivity (Wildman–Crippen MR) is 193 cm³/mol.